The van der Waals surface area contributed by atoms with E-state index in [-0.39, 0.29) is 154 Å². The smallest absolute Gasteiger partial charge is 0.907 e. The summed E-state index contributed by atoms with van der Waals surface area (Å²) in [6.45, 7) is 0. The van der Waals surface area contributed by atoms with Crippen LogP contribution in [-0.4, -0.2) is 7.32 Å². The van der Waals surface area contributed by atoms with E-state index in [4.69, 9.17) is 15.1 Å². The number of nitrogens with two attached hydrogens (primary N) is 2. The summed E-state index contributed by atoms with van der Waals surface area (Å²) in [7, 11) is -2.92. The van der Waals surface area contributed by atoms with E-state index < -0.39 is 7.32 Å². The standard InChI is InChI=1S/BO3.3K.H4N2/c2-1(3)4;;;;1-2/h;;;;1-2H2/q-3;3*+1;. The summed E-state index contributed by atoms with van der Waals surface area (Å²) in [4.78, 5) is 0. The van der Waals surface area contributed by atoms with Gasteiger partial charge in [-0.25, -0.2) is 0 Å². The van der Waals surface area contributed by atoms with Gasteiger partial charge in [-0.3, -0.25) is 19.0 Å². The zero-order chi connectivity index (χ0) is 5.58. The van der Waals surface area contributed by atoms with Crippen LogP contribution in [0, 0.1) is 0 Å². The van der Waals surface area contributed by atoms with Gasteiger partial charge in [0, 0.05) is 0 Å². The van der Waals surface area contributed by atoms with Crippen LogP contribution in [0.1, 0.15) is 0 Å². The number of hydrogen-bond donors (Lipinski definition) is 2. The Morgan fingerprint density at radius 1 is 0.778 bits per heavy atom. The minimum atomic E-state index is -2.92. The van der Waals surface area contributed by atoms with Crippen molar-refractivity contribution in [1.29, 1.82) is 0 Å². The van der Waals surface area contributed by atoms with Crippen molar-refractivity contribution in [2.45, 2.75) is 0 Å². The van der Waals surface area contributed by atoms with Gasteiger partial charge in [-0.15, -0.1) is 0 Å². The van der Waals surface area contributed by atoms with E-state index in [0.717, 1.165) is 0 Å². The van der Waals surface area contributed by atoms with Crippen LogP contribution in [0.5, 0.6) is 0 Å². The summed E-state index contributed by atoms with van der Waals surface area (Å²) < 4.78 is 0. The fourth-order valence-electron chi connectivity index (χ4n) is 0. The molecule has 0 saturated carbocycles. The second kappa shape index (κ2) is 29.3. The van der Waals surface area contributed by atoms with Gasteiger partial charge < -0.3 is 15.1 Å². The summed E-state index contributed by atoms with van der Waals surface area (Å²) in [5, 5.41) is 25.2. The summed E-state index contributed by atoms with van der Waals surface area (Å²) in [5.74, 6) is 8.00. The van der Waals surface area contributed by atoms with E-state index in [1.807, 2.05) is 0 Å². The third-order valence-electron chi connectivity index (χ3n) is 0. The van der Waals surface area contributed by atoms with E-state index in [1.165, 1.54) is 0 Å². The first-order chi connectivity index (χ1) is 2.73. The molecule has 0 fully saturated rings. The van der Waals surface area contributed by atoms with Crippen molar-refractivity contribution in [3.05, 3.63) is 0 Å². The van der Waals surface area contributed by atoms with Crippen LogP contribution < -0.4 is 181 Å². The normalized spacial score (nSPS) is 3.67. The van der Waals surface area contributed by atoms with Crippen LogP contribution in [0.4, 0.5) is 0 Å². The molecule has 0 radical (unpaired) electrons. The molecule has 0 rings (SSSR count). The molecule has 0 saturated heterocycles. The first-order valence-electron chi connectivity index (χ1n) is 1.04. The second-order valence-corrected chi connectivity index (χ2v) is 0.289. The van der Waals surface area contributed by atoms with Crippen molar-refractivity contribution in [1.82, 2.24) is 0 Å². The van der Waals surface area contributed by atoms with Gasteiger partial charge in [0.2, 0.25) is 0 Å². The number of hydrazine groups is 1. The van der Waals surface area contributed by atoms with Crippen molar-refractivity contribution in [3.63, 3.8) is 0 Å². The molecule has 0 spiro atoms. The minimum absolute atomic E-state index is 0. The molecule has 0 aromatic heterocycles. The molecule has 9 heteroatoms. The van der Waals surface area contributed by atoms with Crippen LogP contribution >= 0.6 is 0 Å². The fourth-order valence-corrected chi connectivity index (χ4v) is 0. The Hall–Kier alpha value is 4.77. The Morgan fingerprint density at radius 2 is 0.778 bits per heavy atom. The first kappa shape index (κ1) is 29.2. The van der Waals surface area contributed by atoms with Crippen molar-refractivity contribution in [2.24, 2.45) is 11.7 Å². The summed E-state index contributed by atoms with van der Waals surface area (Å²) in [6, 6.07) is 0. The van der Waals surface area contributed by atoms with E-state index in [2.05, 4.69) is 11.7 Å². The molecule has 0 aliphatic rings. The van der Waals surface area contributed by atoms with Gasteiger partial charge in [0.05, 0.1) is 0 Å². The molecule has 0 aliphatic heterocycles. The molecule has 0 amide bonds. The number of hydrogen-bond acceptors (Lipinski definition) is 5. The average Bonchev–Trinajstić information content (AvgIpc) is 1.41. The quantitative estimate of drug-likeness (QED) is 0.232. The predicted octanol–water partition coefficient (Wildman–Crippen LogP) is -14.1. The third kappa shape index (κ3) is 65.1. The third-order valence-corrected chi connectivity index (χ3v) is 0. The maximum Gasteiger partial charge on any atom is 1.00 e. The molecule has 0 aromatic rings. The van der Waals surface area contributed by atoms with Crippen LogP contribution in [0.3, 0.4) is 0 Å². The minimum Gasteiger partial charge on any atom is -0.907 e. The SMILES string of the molecule is NN.[K+].[K+].[K+].[O-]B([O-])[O-]. The average molecular weight is 208 g/mol. The molecule has 0 unspecified atom stereocenters. The van der Waals surface area contributed by atoms with Crippen LogP contribution in [0.25, 0.3) is 0 Å². The van der Waals surface area contributed by atoms with Gasteiger partial charge in [0.25, 0.3) is 0 Å². The van der Waals surface area contributed by atoms with E-state index in [9.17, 15) is 0 Å². The van der Waals surface area contributed by atoms with Gasteiger partial charge in [0.1, 0.15) is 0 Å². The Labute approximate surface area is 182 Å². The topological polar surface area (TPSA) is 121 Å². The summed E-state index contributed by atoms with van der Waals surface area (Å²) in [6.07, 6.45) is 0. The monoisotopic (exact) mass is 208 g/mol. The molecule has 38 valence electrons. The molecule has 0 bridgehead atoms. The maximum atomic E-state index is 8.42. The van der Waals surface area contributed by atoms with Crippen molar-refractivity contribution in [3.8, 4) is 0 Å². The molecule has 0 heterocycles. The van der Waals surface area contributed by atoms with Gasteiger partial charge in [0.15, 0.2) is 0 Å². The van der Waals surface area contributed by atoms with E-state index in [0.29, 0.717) is 0 Å². The maximum absolute atomic E-state index is 8.42. The van der Waals surface area contributed by atoms with Crippen molar-refractivity contribution < 1.29 is 169 Å². The Bertz CT molecular complexity index is 21.8. The Balaban J connectivity index is -0.00000000990. The zero-order valence-corrected chi connectivity index (χ0v) is 15.3. The Kier molecular flexibility index (Phi) is 95.1. The predicted molar refractivity (Wildman–Crippen MR) is 14.1 cm³/mol. The van der Waals surface area contributed by atoms with Crippen LogP contribution in [0.2, 0.25) is 0 Å². The molecule has 9 heavy (non-hydrogen) atoms. The molecular formula is H4BK3N2O3. The first-order valence-corrected chi connectivity index (χ1v) is 1.04. The van der Waals surface area contributed by atoms with Crippen LogP contribution in [0.15, 0.2) is 0 Å². The molecule has 0 aliphatic carbocycles. The Morgan fingerprint density at radius 3 is 0.778 bits per heavy atom. The van der Waals surface area contributed by atoms with E-state index >= 15 is 0 Å². The number of rotatable bonds is 0. The molecule has 5 nitrogen and oxygen atoms in total. The van der Waals surface area contributed by atoms with E-state index in [1.54, 1.807) is 0 Å². The summed E-state index contributed by atoms with van der Waals surface area (Å²) >= 11 is 0. The molecular weight excluding hydrogens is 204 g/mol. The largest absolute Gasteiger partial charge is 1.00 e. The van der Waals surface area contributed by atoms with Gasteiger partial charge in [-0.1, -0.05) is 0 Å². The van der Waals surface area contributed by atoms with Crippen LogP contribution in [-0.2, 0) is 0 Å². The molecule has 0 aromatic carbocycles. The van der Waals surface area contributed by atoms with Gasteiger partial charge in [-0.05, 0) is 0 Å². The van der Waals surface area contributed by atoms with Crippen molar-refractivity contribution in [2.75, 3.05) is 0 Å². The molecule has 0 atom stereocenters. The zero-order valence-electron chi connectivity index (χ0n) is 5.96. The fraction of sp³-hybridized carbons (Fsp3) is 0. The second-order valence-electron chi connectivity index (χ2n) is 0.289. The summed E-state index contributed by atoms with van der Waals surface area (Å²) in [5.41, 5.74) is 0. The van der Waals surface area contributed by atoms with Crippen molar-refractivity contribution >= 4 is 7.32 Å². The van der Waals surface area contributed by atoms with Gasteiger partial charge in [-0.2, -0.15) is 0 Å². The molecule has 4 N–H and O–H groups in total. The van der Waals surface area contributed by atoms with Gasteiger partial charge >= 0.3 is 154 Å².